The van der Waals surface area contributed by atoms with E-state index in [1.807, 2.05) is 0 Å². The molecule has 0 amide bonds. The Hall–Kier alpha value is -5.02. The van der Waals surface area contributed by atoms with Gasteiger partial charge in [-0.3, -0.25) is 4.57 Å². The molecule has 2 aromatic heterocycles. The third-order valence-electron chi connectivity index (χ3n) is 11.1. The molecule has 0 aliphatic heterocycles. The number of fused-ring (bicyclic) bond motifs is 4. The van der Waals surface area contributed by atoms with Crippen molar-refractivity contribution in [1.29, 1.82) is 0 Å². The first-order valence-corrected chi connectivity index (χ1v) is 17.3. The molecule has 0 fully saturated rings. The minimum atomic E-state index is 0.412. The summed E-state index contributed by atoms with van der Waals surface area (Å²) in [5.41, 5.74) is 12.3. The van der Waals surface area contributed by atoms with Gasteiger partial charge in [0.1, 0.15) is 5.69 Å². The molecule has 4 aliphatic carbocycles. The second-order valence-electron chi connectivity index (χ2n) is 14.3. The molecule has 10 rings (SSSR count). The van der Waals surface area contributed by atoms with Gasteiger partial charge in [-0.15, -0.1) is 0 Å². The third kappa shape index (κ3) is 4.05. The topological polar surface area (TPSA) is 30.7 Å². The molecule has 4 atom stereocenters. The number of hydrogen-bond donors (Lipinski definition) is 0. The highest BCUT2D eigenvalue weighted by atomic mass is 15.1. The molecule has 47 heavy (non-hydrogen) atoms. The van der Waals surface area contributed by atoms with Crippen molar-refractivity contribution in [3.05, 3.63) is 136 Å². The van der Waals surface area contributed by atoms with Crippen LogP contribution in [0.3, 0.4) is 0 Å². The second kappa shape index (κ2) is 10.2. The van der Waals surface area contributed by atoms with Crippen LogP contribution in [0.5, 0.6) is 0 Å². The van der Waals surface area contributed by atoms with E-state index in [2.05, 4.69) is 134 Å². The number of hydrogen-bond acceptors (Lipinski definition) is 2. The molecule has 4 aliphatic rings. The minimum absolute atomic E-state index is 0.412. The quantitative estimate of drug-likeness (QED) is 0.201. The van der Waals surface area contributed by atoms with Gasteiger partial charge in [0.05, 0.1) is 22.1 Å². The maximum Gasteiger partial charge on any atom is 0.165 e. The van der Waals surface area contributed by atoms with Gasteiger partial charge in [0, 0.05) is 28.2 Å². The van der Waals surface area contributed by atoms with Crippen LogP contribution in [0.25, 0.3) is 61.6 Å². The molecule has 6 aromatic rings. The van der Waals surface area contributed by atoms with Crippen LogP contribution in [0, 0.1) is 11.8 Å². The van der Waals surface area contributed by atoms with E-state index in [0.29, 0.717) is 23.7 Å². The van der Waals surface area contributed by atoms with Crippen molar-refractivity contribution in [2.75, 3.05) is 0 Å². The van der Waals surface area contributed by atoms with Crippen LogP contribution in [0.2, 0.25) is 0 Å². The summed E-state index contributed by atoms with van der Waals surface area (Å²) >= 11 is 0. The Bertz CT molecular complexity index is 2510. The highest BCUT2D eigenvalue weighted by Crippen LogP contribution is 2.48. The monoisotopic (exact) mass is 607 g/mol. The Labute approximate surface area is 275 Å². The average molecular weight is 608 g/mol. The van der Waals surface area contributed by atoms with Gasteiger partial charge in [-0.1, -0.05) is 105 Å². The lowest BCUT2D eigenvalue weighted by atomic mass is 9.73. The number of rotatable bonds is 3. The summed E-state index contributed by atoms with van der Waals surface area (Å²) in [5, 5.41) is 5.62. The normalized spacial score (nSPS) is 22.9. The lowest BCUT2D eigenvalue weighted by Gasteiger charge is -2.31. The Morgan fingerprint density at radius 2 is 1.60 bits per heavy atom. The molecule has 0 N–H and O–H groups in total. The highest BCUT2D eigenvalue weighted by Gasteiger charge is 2.34. The molecule has 3 nitrogen and oxygen atoms in total. The van der Waals surface area contributed by atoms with Crippen LogP contribution >= 0.6 is 0 Å². The van der Waals surface area contributed by atoms with E-state index < -0.39 is 0 Å². The summed E-state index contributed by atoms with van der Waals surface area (Å²) in [6.45, 7) is 4.80. The van der Waals surface area contributed by atoms with Crippen molar-refractivity contribution < 1.29 is 0 Å². The maximum absolute atomic E-state index is 5.45. The molecule has 4 unspecified atom stereocenters. The van der Waals surface area contributed by atoms with Crippen LogP contribution in [0.1, 0.15) is 62.5 Å². The summed E-state index contributed by atoms with van der Waals surface area (Å²) in [7, 11) is 0. The zero-order chi connectivity index (χ0) is 31.2. The predicted molar refractivity (Wildman–Crippen MR) is 195 cm³/mol. The highest BCUT2D eigenvalue weighted by molar-refractivity contribution is 6.13. The Kier molecular flexibility index (Phi) is 5.91. The molecule has 0 spiro atoms. The molecule has 4 aromatic carbocycles. The number of aromatic nitrogens is 3. The van der Waals surface area contributed by atoms with Crippen molar-refractivity contribution in [3.63, 3.8) is 0 Å². The van der Waals surface area contributed by atoms with Gasteiger partial charge in [-0.05, 0) is 94.5 Å². The van der Waals surface area contributed by atoms with E-state index in [9.17, 15) is 0 Å². The van der Waals surface area contributed by atoms with Crippen molar-refractivity contribution >= 4 is 44.5 Å². The number of para-hydroxylation sites is 2. The predicted octanol–water partition coefficient (Wildman–Crippen LogP) is 9.42. The van der Waals surface area contributed by atoms with Crippen molar-refractivity contribution in [2.45, 2.75) is 51.4 Å². The largest absolute Gasteiger partial charge is 0.292 e. The van der Waals surface area contributed by atoms with E-state index in [4.69, 9.17) is 9.97 Å². The van der Waals surface area contributed by atoms with E-state index in [0.717, 1.165) is 41.0 Å². The van der Waals surface area contributed by atoms with E-state index in [1.54, 1.807) is 11.1 Å². The Balaban J connectivity index is 1.30. The van der Waals surface area contributed by atoms with Crippen LogP contribution in [-0.4, -0.2) is 14.5 Å². The van der Waals surface area contributed by atoms with Crippen LogP contribution in [-0.2, 0) is 0 Å². The third-order valence-corrected chi connectivity index (χ3v) is 11.1. The molecule has 0 radical (unpaired) electrons. The van der Waals surface area contributed by atoms with Gasteiger partial charge in [-0.25, -0.2) is 9.97 Å². The minimum Gasteiger partial charge on any atom is -0.292 e. The van der Waals surface area contributed by atoms with Gasteiger partial charge in [-0.2, -0.15) is 0 Å². The fourth-order valence-corrected chi connectivity index (χ4v) is 9.01. The van der Waals surface area contributed by atoms with Crippen molar-refractivity contribution in [1.82, 2.24) is 14.5 Å². The number of benzene rings is 4. The van der Waals surface area contributed by atoms with Gasteiger partial charge in [0.25, 0.3) is 0 Å². The van der Waals surface area contributed by atoms with Gasteiger partial charge >= 0.3 is 0 Å². The molecule has 3 heteroatoms. The smallest absolute Gasteiger partial charge is 0.165 e. The zero-order valence-electron chi connectivity index (χ0n) is 26.9. The molecule has 228 valence electrons. The molecule has 2 heterocycles. The summed E-state index contributed by atoms with van der Waals surface area (Å²) in [6.07, 6.45) is 18.4. The lowest BCUT2D eigenvalue weighted by Crippen LogP contribution is -2.33. The number of allylic oxidation sites excluding steroid dienone is 6. The molecular formula is C44H37N3. The molecule has 0 saturated carbocycles. The van der Waals surface area contributed by atoms with Crippen LogP contribution < -0.4 is 10.4 Å². The van der Waals surface area contributed by atoms with Crippen molar-refractivity contribution in [3.8, 4) is 17.1 Å². The zero-order valence-corrected chi connectivity index (χ0v) is 26.9. The summed E-state index contributed by atoms with van der Waals surface area (Å²) in [5.74, 6) is 2.93. The van der Waals surface area contributed by atoms with E-state index in [1.165, 1.54) is 56.2 Å². The second-order valence-corrected chi connectivity index (χ2v) is 14.3. The van der Waals surface area contributed by atoms with Gasteiger partial charge in [0.15, 0.2) is 5.82 Å². The Morgan fingerprint density at radius 1 is 0.766 bits per heavy atom. The lowest BCUT2D eigenvalue weighted by molar-refractivity contribution is 0.480. The first-order valence-electron chi connectivity index (χ1n) is 17.3. The Morgan fingerprint density at radius 3 is 2.43 bits per heavy atom. The van der Waals surface area contributed by atoms with Crippen molar-refractivity contribution in [2.24, 2.45) is 11.8 Å². The first-order chi connectivity index (χ1) is 23.1. The molecule has 0 bridgehead atoms. The first kappa shape index (κ1) is 27.1. The van der Waals surface area contributed by atoms with E-state index in [-0.39, 0.29) is 0 Å². The fraction of sp³-hybridized carbons (Fsp3) is 0.227. The number of nitrogens with zero attached hydrogens (tertiary/aromatic N) is 3. The van der Waals surface area contributed by atoms with E-state index >= 15 is 0 Å². The summed E-state index contributed by atoms with van der Waals surface area (Å²) in [6, 6.07) is 29.1. The summed E-state index contributed by atoms with van der Waals surface area (Å²) < 4.78 is 2.43. The van der Waals surface area contributed by atoms with Crippen LogP contribution in [0.4, 0.5) is 0 Å². The molecule has 0 saturated heterocycles. The average Bonchev–Trinajstić information content (AvgIpc) is 3.39. The standard InChI is InChI=1S/C44H37N3/c1-26-15-21-32-34(24-26)33-11-8-14-38-41(33)42-39(22-20-31-23-27(2)25-35(32)40(31)42)47(38)44-43(45-36-12-6-7-13-37(36)46-44)30-18-16-29(17-19-30)28-9-4-3-5-10-28/h3-9,11-14,16-23,26-28,34H,10,15,24-25H2,1-2H3. The summed E-state index contributed by atoms with van der Waals surface area (Å²) in [4.78, 5) is 10.8. The SMILES string of the molecule is CC1C=c2ccc3c4c2=C(C1)C1=CCC(C)CC1c1cccc(c14)n3-c1nc2ccccc2nc1-c1ccc(C2C=CC=CC2)cc1. The fourth-order valence-electron chi connectivity index (χ4n) is 9.01. The maximum atomic E-state index is 5.45. The molecular weight excluding hydrogens is 571 g/mol. The van der Waals surface area contributed by atoms with Gasteiger partial charge in [0.2, 0.25) is 0 Å². The van der Waals surface area contributed by atoms with Gasteiger partial charge < -0.3 is 0 Å². The van der Waals surface area contributed by atoms with Crippen LogP contribution in [0.15, 0.2) is 115 Å².